The Kier molecular flexibility index (Phi) is 5.63. The summed E-state index contributed by atoms with van der Waals surface area (Å²) in [6.45, 7) is -0.307. The zero-order valence-corrected chi connectivity index (χ0v) is 17.1. The van der Waals surface area contributed by atoms with Gasteiger partial charge in [0.1, 0.15) is 6.54 Å². The van der Waals surface area contributed by atoms with E-state index in [4.69, 9.17) is 9.47 Å². The number of carbonyl (C=O) groups is 4. The van der Waals surface area contributed by atoms with E-state index in [0.717, 1.165) is 16.7 Å². The van der Waals surface area contributed by atoms with Crippen molar-refractivity contribution in [1.82, 2.24) is 4.90 Å². The van der Waals surface area contributed by atoms with Gasteiger partial charge in [-0.15, -0.1) is 0 Å². The molecule has 3 amide bonds. The number of nitrogens with one attached hydrogen (secondary N) is 1. The van der Waals surface area contributed by atoms with Gasteiger partial charge in [0.15, 0.2) is 11.5 Å². The summed E-state index contributed by atoms with van der Waals surface area (Å²) < 4.78 is 15.1. The molecule has 2 aliphatic heterocycles. The van der Waals surface area contributed by atoms with E-state index < -0.39 is 29.6 Å². The summed E-state index contributed by atoms with van der Waals surface area (Å²) in [4.78, 5) is 49.8. The van der Waals surface area contributed by atoms with E-state index in [1.807, 2.05) is 0 Å². The third kappa shape index (κ3) is 4.38. The van der Waals surface area contributed by atoms with E-state index >= 15 is 0 Å². The normalized spacial score (nSPS) is 16.0. The van der Waals surface area contributed by atoms with Crippen LogP contribution in [0.3, 0.4) is 0 Å². The number of fused-ring (bicyclic) bond motifs is 1. The molecule has 10 heteroatoms. The number of rotatable bonds is 5. The SMILES string of the molecule is COC(=O)c1ccc(/C=C2/SC(=O)N(CC(=O)Nc3ccc4c(c3)OCO4)C2=O)cc1. The highest BCUT2D eigenvalue weighted by atomic mass is 32.2. The molecule has 0 aromatic heterocycles. The molecule has 4 rings (SSSR count). The summed E-state index contributed by atoms with van der Waals surface area (Å²) in [6, 6.07) is 11.3. The predicted molar refractivity (Wildman–Crippen MR) is 112 cm³/mol. The lowest BCUT2D eigenvalue weighted by Crippen LogP contribution is -2.36. The first-order valence-corrected chi connectivity index (χ1v) is 9.89. The van der Waals surface area contributed by atoms with Crippen molar-refractivity contribution in [2.45, 2.75) is 0 Å². The van der Waals surface area contributed by atoms with Gasteiger partial charge in [0.25, 0.3) is 11.1 Å². The third-order valence-electron chi connectivity index (χ3n) is 4.46. The van der Waals surface area contributed by atoms with Crippen LogP contribution in [0.25, 0.3) is 6.08 Å². The molecule has 0 aliphatic carbocycles. The zero-order valence-electron chi connectivity index (χ0n) is 16.2. The minimum Gasteiger partial charge on any atom is -0.465 e. The zero-order chi connectivity index (χ0) is 22.0. The van der Waals surface area contributed by atoms with Crippen molar-refractivity contribution in [2.75, 3.05) is 25.8 Å². The van der Waals surface area contributed by atoms with Crippen LogP contribution < -0.4 is 14.8 Å². The van der Waals surface area contributed by atoms with Crippen LogP contribution in [0, 0.1) is 0 Å². The van der Waals surface area contributed by atoms with Gasteiger partial charge in [-0.3, -0.25) is 19.3 Å². The standard InChI is InChI=1S/C21H16N2O7S/c1-28-20(26)13-4-2-12(3-5-13)8-17-19(25)23(21(27)31-17)10-18(24)22-14-6-7-15-16(9-14)30-11-29-15/h2-9H,10-11H2,1H3,(H,22,24)/b17-8+. The van der Waals surface area contributed by atoms with E-state index in [1.165, 1.54) is 13.2 Å². The fourth-order valence-corrected chi connectivity index (χ4v) is 3.78. The highest BCUT2D eigenvalue weighted by Crippen LogP contribution is 2.35. The largest absolute Gasteiger partial charge is 0.465 e. The molecule has 2 aromatic carbocycles. The number of hydrogen-bond donors (Lipinski definition) is 1. The van der Waals surface area contributed by atoms with Crippen LogP contribution in [0.1, 0.15) is 15.9 Å². The van der Waals surface area contributed by atoms with Crippen LogP contribution in [0.2, 0.25) is 0 Å². The lowest BCUT2D eigenvalue weighted by atomic mass is 10.1. The lowest BCUT2D eigenvalue weighted by Gasteiger charge is -2.12. The van der Waals surface area contributed by atoms with Crippen LogP contribution in [0.5, 0.6) is 11.5 Å². The van der Waals surface area contributed by atoms with Crippen LogP contribution in [0.15, 0.2) is 47.4 Å². The lowest BCUT2D eigenvalue weighted by molar-refractivity contribution is -0.127. The van der Waals surface area contributed by atoms with Crippen LogP contribution in [0.4, 0.5) is 10.5 Å². The second-order valence-electron chi connectivity index (χ2n) is 6.50. The van der Waals surface area contributed by atoms with Crippen molar-refractivity contribution < 1.29 is 33.4 Å². The second kappa shape index (κ2) is 8.52. The van der Waals surface area contributed by atoms with E-state index in [9.17, 15) is 19.2 Å². The van der Waals surface area contributed by atoms with Gasteiger partial charge < -0.3 is 19.5 Å². The number of methoxy groups -OCH3 is 1. The van der Waals surface area contributed by atoms with E-state index in [0.29, 0.717) is 28.3 Å². The summed E-state index contributed by atoms with van der Waals surface area (Å²) in [5.74, 6) is -0.475. The van der Waals surface area contributed by atoms with Gasteiger partial charge in [-0.1, -0.05) is 12.1 Å². The number of imide groups is 1. The molecule has 158 valence electrons. The fourth-order valence-electron chi connectivity index (χ4n) is 2.94. The number of anilines is 1. The maximum atomic E-state index is 12.6. The Morgan fingerprint density at radius 1 is 1.13 bits per heavy atom. The molecule has 0 radical (unpaired) electrons. The molecule has 31 heavy (non-hydrogen) atoms. The van der Waals surface area contributed by atoms with Gasteiger partial charge >= 0.3 is 5.97 Å². The summed E-state index contributed by atoms with van der Waals surface area (Å²) in [5, 5.41) is 2.09. The Labute approximate surface area is 180 Å². The van der Waals surface area contributed by atoms with E-state index in [1.54, 1.807) is 42.5 Å². The number of ether oxygens (including phenoxy) is 3. The fraction of sp³-hybridized carbons (Fsp3) is 0.143. The molecule has 0 bridgehead atoms. The Morgan fingerprint density at radius 3 is 2.61 bits per heavy atom. The second-order valence-corrected chi connectivity index (χ2v) is 7.49. The Bertz CT molecular complexity index is 1110. The molecule has 2 aromatic rings. The molecule has 2 heterocycles. The molecule has 1 saturated heterocycles. The van der Waals surface area contributed by atoms with Gasteiger partial charge in [0, 0.05) is 11.8 Å². The first kappa shape index (κ1) is 20.5. The predicted octanol–water partition coefficient (Wildman–Crippen LogP) is 2.88. The first-order valence-electron chi connectivity index (χ1n) is 9.08. The van der Waals surface area contributed by atoms with Crippen LogP contribution >= 0.6 is 11.8 Å². The molecular formula is C21H16N2O7S. The van der Waals surface area contributed by atoms with Gasteiger partial charge in [-0.2, -0.15) is 0 Å². The molecule has 2 aliphatic rings. The summed E-state index contributed by atoms with van der Waals surface area (Å²) >= 11 is 0.747. The molecule has 0 saturated carbocycles. The maximum absolute atomic E-state index is 12.6. The van der Waals surface area contributed by atoms with Crippen LogP contribution in [-0.4, -0.2) is 48.4 Å². The number of benzene rings is 2. The summed E-state index contributed by atoms with van der Waals surface area (Å²) in [6.07, 6.45) is 1.53. The molecular weight excluding hydrogens is 424 g/mol. The Morgan fingerprint density at radius 2 is 1.87 bits per heavy atom. The quantitative estimate of drug-likeness (QED) is 0.558. The smallest absolute Gasteiger partial charge is 0.337 e. The molecule has 1 fully saturated rings. The van der Waals surface area contributed by atoms with Crippen molar-refractivity contribution in [1.29, 1.82) is 0 Å². The highest BCUT2D eigenvalue weighted by Gasteiger charge is 2.36. The van der Waals surface area contributed by atoms with Gasteiger partial charge in [-0.25, -0.2) is 4.79 Å². The van der Waals surface area contributed by atoms with E-state index in [2.05, 4.69) is 10.1 Å². The minimum atomic E-state index is -0.562. The van der Waals surface area contributed by atoms with Gasteiger partial charge in [0.2, 0.25) is 12.7 Å². The first-order chi connectivity index (χ1) is 14.9. The summed E-state index contributed by atoms with van der Waals surface area (Å²) in [5.41, 5.74) is 1.46. The third-order valence-corrected chi connectivity index (χ3v) is 5.37. The average Bonchev–Trinajstić information content (AvgIpc) is 3.33. The number of nitrogens with zero attached hydrogens (tertiary/aromatic N) is 1. The van der Waals surface area contributed by atoms with Crippen molar-refractivity contribution in [2.24, 2.45) is 0 Å². The number of esters is 1. The monoisotopic (exact) mass is 440 g/mol. The number of carbonyl (C=O) groups excluding carboxylic acids is 4. The number of hydrogen-bond acceptors (Lipinski definition) is 8. The molecule has 0 atom stereocenters. The summed E-state index contributed by atoms with van der Waals surface area (Å²) in [7, 11) is 1.29. The average molecular weight is 440 g/mol. The topological polar surface area (TPSA) is 111 Å². The van der Waals surface area contributed by atoms with Crippen molar-refractivity contribution in [3.63, 3.8) is 0 Å². The minimum absolute atomic E-state index is 0.112. The van der Waals surface area contributed by atoms with E-state index in [-0.39, 0.29) is 11.7 Å². The highest BCUT2D eigenvalue weighted by molar-refractivity contribution is 8.18. The maximum Gasteiger partial charge on any atom is 0.337 e. The number of amides is 3. The number of thioether (sulfide) groups is 1. The van der Waals surface area contributed by atoms with Crippen molar-refractivity contribution in [3.05, 3.63) is 58.5 Å². The van der Waals surface area contributed by atoms with Crippen molar-refractivity contribution >= 4 is 46.5 Å². The Hall–Kier alpha value is -3.79. The van der Waals surface area contributed by atoms with Gasteiger partial charge in [-0.05, 0) is 47.7 Å². The molecule has 0 spiro atoms. The molecule has 0 unspecified atom stereocenters. The van der Waals surface area contributed by atoms with Crippen LogP contribution in [-0.2, 0) is 14.3 Å². The Balaban J connectivity index is 1.41. The molecule has 9 nitrogen and oxygen atoms in total. The van der Waals surface area contributed by atoms with Gasteiger partial charge in [0.05, 0.1) is 17.6 Å². The van der Waals surface area contributed by atoms with Crippen molar-refractivity contribution in [3.8, 4) is 11.5 Å². The molecule has 1 N–H and O–H groups in total.